The minimum Gasteiger partial charge on any atom is -0.377 e. The Hall–Kier alpha value is -1.86. The van der Waals surface area contributed by atoms with Crippen molar-refractivity contribution >= 4 is 0 Å². The van der Waals surface area contributed by atoms with Gasteiger partial charge in [0.15, 0.2) is 0 Å². The first-order valence-electron chi connectivity index (χ1n) is 12.1. The highest BCUT2D eigenvalue weighted by molar-refractivity contribution is 5.26. The summed E-state index contributed by atoms with van der Waals surface area (Å²) < 4.78 is 5.80. The van der Waals surface area contributed by atoms with E-state index in [4.69, 9.17) is 4.74 Å². The largest absolute Gasteiger partial charge is 0.377 e. The molecule has 2 aromatic rings. The van der Waals surface area contributed by atoms with Crippen LogP contribution in [0.25, 0.3) is 0 Å². The Balaban J connectivity index is 1.37. The standard InChI is InChI=1S/C29H40O/c1-3-5-6-22-30-23-27-16-20-29(21-17-27)28-18-14-26(15-19-28)13-12-25-10-8-24(7-4-2)9-11-25/h4,8-11,16-17,20-21,26,28H,2-3,5-7,12-15,18-19,22-23H2,1H3. The first-order chi connectivity index (χ1) is 14.8. The highest BCUT2D eigenvalue weighted by Crippen LogP contribution is 2.37. The maximum absolute atomic E-state index is 5.80. The second kappa shape index (κ2) is 12.7. The summed E-state index contributed by atoms with van der Waals surface area (Å²) in [7, 11) is 0. The number of hydrogen-bond donors (Lipinski definition) is 0. The molecule has 0 amide bonds. The van der Waals surface area contributed by atoms with E-state index < -0.39 is 0 Å². The summed E-state index contributed by atoms with van der Waals surface area (Å²) in [6.07, 6.45) is 14.6. The second-order valence-corrected chi connectivity index (χ2v) is 9.07. The van der Waals surface area contributed by atoms with Crippen LogP contribution in [0.5, 0.6) is 0 Å². The molecule has 0 bridgehead atoms. The van der Waals surface area contributed by atoms with Crippen molar-refractivity contribution < 1.29 is 4.74 Å². The summed E-state index contributed by atoms with van der Waals surface area (Å²) in [5.41, 5.74) is 5.69. The number of unbranched alkanes of at least 4 members (excludes halogenated alkanes) is 2. The SMILES string of the molecule is C=CCc1ccc(CCC2CCC(c3ccc(COCCCCC)cc3)CC2)cc1. The van der Waals surface area contributed by atoms with E-state index in [9.17, 15) is 0 Å². The van der Waals surface area contributed by atoms with Gasteiger partial charge in [0.2, 0.25) is 0 Å². The summed E-state index contributed by atoms with van der Waals surface area (Å²) in [6.45, 7) is 7.70. The predicted octanol–water partition coefficient (Wildman–Crippen LogP) is 8.03. The molecule has 0 unspecified atom stereocenters. The van der Waals surface area contributed by atoms with Gasteiger partial charge in [0, 0.05) is 6.61 Å². The molecule has 1 fully saturated rings. The topological polar surface area (TPSA) is 9.23 Å². The first kappa shape index (κ1) is 22.8. The Morgan fingerprint density at radius 3 is 2.20 bits per heavy atom. The van der Waals surface area contributed by atoms with Gasteiger partial charge in [-0.2, -0.15) is 0 Å². The monoisotopic (exact) mass is 404 g/mol. The first-order valence-corrected chi connectivity index (χ1v) is 12.1. The van der Waals surface area contributed by atoms with E-state index in [0.29, 0.717) is 0 Å². The quantitative estimate of drug-likeness (QED) is 0.257. The van der Waals surface area contributed by atoms with Gasteiger partial charge in [-0.15, -0.1) is 6.58 Å². The van der Waals surface area contributed by atoms with Crippen molar-refractivity contribution in [3.8, 4) is 0 Å². The average Bonchev–Trinajstić information content (AvgIpc) is 2.79. The molecule has 3 rings (SSSR count). The average molecular weight is 405 g/mol. The number of ether oxygens (including phenoxy) is 1. The molecule has 1 aliphatic rings. The van der Waals surface area contributed by atoms with Crippen LogP contribution in [0.1, 0.15) is 86.5 Å². The Kier molecular flexibility index (Phi) is 9.70. The Morgan fingerprint density at radius 2 is 1.53 bits per heavy atom. The molecule has 0 aromatic heterocycles. The lowest BCUT2D eigenvalue weighted by molar-refractivity contribution is 0.117. The summed E-state index contributed by atoms with van der Waals surface area (Å²) in [4.78, 5) is 0. The lowest BCUT2D eigenvalue weighted by Crippen LogP contribution is -2.14. The molecule has 0 atom stereocenters. The molecule has 0 saturated heterocycles. The van der Waals surface area contributed by atoms with Crippen LogP contribution < -0.4 is 0 Å². The molecule has 30 heavy (non-hydrogen) atoms. The van der Waals surface area contributed by atoms with Crippen LogP contribution in [-0.4, -0.2) is 6.61 Å². The predicted molar refractivity (Wildman–Crippen MR) is 129 cm³/mol. The molecule has 1 nitrogen and oxygen atoms in total. The summed E-state index contributed by atoms with van der Waals surface area (Å²) in [6, 6.07) is 18.4. The van der Waals surface area contributed by atoms with Gasteiger partial charge in [0.05, 0.1) is 6.61 Å². The second-order valence-electron chi connectivity index (χ2n) is 9.07. The normalized spacial score (nSPS) is 19.0. The maximum Gasteiger partial charge on any atom is 0.0716 e. The zero-order valence-electron chi connectivity index (χ0n) is 19.0. The number of hydrogen-bond acceptors (Lipinski definition) is 1. The highest BCUT2D eigenvalue weighted by Gasteiger charge is 2.22. The molecule has 0 aliphatic heterocycles. The minimum absolute atomic E-state index is 0.749. The molecule has 0 N–H and O–H groups in total. The number of allylic oxidation sites excluding steroid dienone is 1. The molecular weight excluding hydrogens is 364 g/mol. The fourth-order valence-corrected chi connectivity index (χ4v) is 4.69. The Bertz CT molecular complexity index is 720. The summed E-state index contributed by atoms with van der Waals surface area (Å²) in [5, 5.41) is 0. The molecule has 2 aromatic carbocycles. The van der Waals surface area contributed by atoms with Gasteiger partial charge in [0.25, 0.3) is 0 Å². The van der Waals surface area contributed by atoms with Gasteiger partial charge < -0.3 is 4.74 Å². The lowest BCUT2D eigenvalue weighted by atomic mass is 9.77. The van der Waals surface area contributed by atoms with Gasteiger partial charge in [0.1, 0.15) is 0 Å². The summed E-state index contributed by atoms with van der Waals surface area (Å²) >= 11 is 0. The Morgan fingerprint density at radius 1 is 0.867 bits per heavy atom. The number of aryl methyl sites for hydroxylation is 1. The van der Waals surface area contributed by atoms with Crippen molar-refractivity contribution in [2.75, 3.05) is 6.61 Å². The van der Waals surface area contributed by atoms with E-state index in [2.05, 4.69) is 62.0 Å². The molecule has 0 spiro atoms. The van der Waals surface area contributed by atoms with Gasteiger partial charge in [-0.3, -0.25) is 0 Å². The molecule has 1 aliphatic carbocycles. The maximum atomic E-state index is 5.80. The van der Waals surface area contributed by atoms with Gasteiger partial charge in [-0.05, 0) is 85.5 Å². The van der Waals surface area contributed by atoms with Gasteiger partial charge in [-0.25, -0.2) is 0 Å². The Labute approximate surface area is 184 Å². The van der Waals surface area contributed by atoms with Crippen molar-refractivity contribution in [3.63, 3.8) is 0 Å². The molecule has 0 radical (unpaired) electrons. The molecule has 162 valence electrons. The van der Waals surface area contributed by atoms with E-state index in [1.807, 2.05) is 6.08 Å². The van der Waals surface area contributed by atoms with Crippen LogP contribution in [-0.2, 0) is 24.2 Å². The van der Waals surface area contributed by atoms with Crippen molar-refractivity contribution in [1.82, 2.24) is 0 Å². The number of benzene rings is 2. The third-order valence-electron chi connectivity index (χ3n) is 6.70. The molecule has 1 heteroatoms. The minimum atomic E-state index is 0.749. The zero-order valence-corrected chi connectivity index (χ0v) is 19.0. The van der Waals surface area contributed by atoms with E-state index in [1.165, 1.54) is 80.0 Å². The third kappa shape index (κ3) is 7.43. The van der Waals surface area contributed by atoms with Crippen molar-refractivity contribution in [3.05, 3.63) is 83.4 Å². The van der Waals surface area contributed by atoms with E-state index in [1.54, 1.807) is 0 Å². The lowest BCUT2D eigenvalue weighted by Gasteiger charge is -2.29. The highest BCUT2D eigenvalue weighted by atomic mass is 16.5. The number of rotatable bonds is 12. The van der Waals surface area contributed by atoms with Crippen molar-refractivity contribution in [2.45, 2.75) is 83.7 Å². The summed E-state index contributed by atoms with van der Waals surface area (Å²) in [5.74, 6) is 1.64. The van der Waals surface area contributed by atoms with Crippen LogP contribution in [0.2, 0.25) is 0 Å². The van der Waals surface area contributed by atoms with Gasteiger partial charge in [-0.1, -0.05) is 74.4 Å². The van der Waals surface area contributed by atoms with Crippen LogP contribution in [0.4, 0.5) is 0 Å². The van der Waals surface area contributed by atoms with E-state index >= 15 is 0 Å². The van der Waals surface area contributed by atoms with Crippen molar-refractivity contribution in [1.29, 1.82) is 0 Å². The van der Waals surface area contributed by atoms with Crippen LogP contribution in [0.15, 0.2) is 61.2 Å². The third-order valence-corrected chi connectivity index (χ3v) is 6.70. The molecule has 1 saturated carbocycles. The van der Waals surface area contributed by atoms with Gasteiger partial charge >= 0.3 is 0 Å². The van der Waals surface area contributed by atoms with Crippen LogP contribution >= 0.6 is 0 Å². The molecule has 0 heterocycles. The fraction of sp³-hybridized carbons (Fsp3) is 0.517. The fourth-order valence-electron chi connectivity index (χ4n) is 4.69. The van der Waals surface area contributed by atoms with Crippen LogP contribution in [0, 0.1) is 5.92 Å². The smallest absolute Gasteiger partial charge is 0.0716 e. The van der Waals surface area contributed by atoms with E-state index in [-0.39, 0.29) is 0 Å². The zero-order chi connectivity index (χ0) is 21.0. The van der Waals surface area contributed by atoms with Crippen molar-refractivity contribution in [2.24, 2.45) is 5.92 Å². The van der Waals surface area contributed by atoms with Crippen LogP contribution in [0.3, 0.4) is 0 Å². The molecular formula is C29H40O. The van der Waals surface area contributed by atoms with E-state index in [0.717, 1.165) is 31.5 Å².